The largest absolute Gasteiger partial charge is 0.388 e. The summed E-state index contributed by atoms with van der Waals surface area (Å²) in [6.07, 6.45) is 5.48. The molecule has 0 atom stereocenters. The highest BCUT2D eigenvalue weighted by Gasteiger charge is 2.45. The number of thiophene rings is 1. The number of fused-ring (bicyclic) bond motifs is 3. The highest BCUT2D eigenvalue weighted by atomic mass is 32.2. The van der Waals surface area contributed by atoms with Gasteiger partial charge in [0, 0.05) is 46.6 Å². The van der Waals surface area contributed by atoms with E-state index in [-0.39, 0.29) is 11.2 Å². The van der Waals surface area contributed by atoms with Gasteiger partial charge >= 0.3 is 0 Å². The number of anilines is 1. The van der Waals surface area contributed by atoms with Crippen LogP contribution in [0.2, 0.25) is 0 Å². The Morgan fingerprint density at radius 3 is 2.45 bits per heavy atom. The minimum Gasteiger partial charge on any atom is -0.388 e. The van der Waals surface area contributed by atoms with Gasteiger partial charge in [-0.15, -0.1) is 11.3 Å². The summed E-state index contributed by atoms with van der Waals surface area (Å²) in [7, 11) is -2.04. The van der Waals surface area contributed by atoms with E-state index in [2.05, 4.69) is 109 Å². The summed E-state index contributed by atoms with van der Waals surface area (Å²) in [6.45, 7) is 5.20. The molecule has 5 nitrogen and oxygen atoms in total. The van der Waals surface area contributed by atoms with Crippen molar-refractivity contribution < 1.29 is 17.5 Å². The Balaban J connectivity index is 1.49. The van der Waals surface area contributed by atoms with Crippen molar-refractivity contribution in [1.82, 2.24) is 0 Å². The smallest absolute Gasteiger partial charge is 0.264 e. The first-order valence-electron chi connectivity index (χ1n) is 12.9. The maximum Gasteiger partial charge on any atom is 0.264 e. The van der Waals surface area contributed by atoms with Crippen molar-refractivity contribution in [3.63, 3.8) is 0 Å². The SMILES string of the molecule is CNc1ccc(-c2ccc(/C=C/C3=[N+](CCCCS(=O)(=O)O)c4ccc5ccccc5c4C3(C)C)s2)cc1. The quantitative estimate of drug-likeness (QED) is 0.131. The molecule has 2 N–H and O–H groups in total. The van der Waals surface area contributed by atoms with E-state index in [0.29, 0.717) is 19.4 Å². The van der Waals surface area contributed by atoms with Gasteiger partial charge in [-0.25, -0.2) is 0 Å². The molecule has 7 heteroatoms. The van der Waals surface area contributed by atoms with E-state index in [1.165, 1.54) is 37.4 Å². The molecule has 0 spiro atoms. The normalized spacial score (nSPS) is 14.9. The highest BCUT2D eigenvalue weighted by Crippen LogP contribution is 2.44. The van der Waals surface area contributed by atoms with Crippen LogP contribution in [-0.4, -0.2) is 42.6 Å². The van der Waals surface area contributed by atoms with Crippen LogP contribution in [0.4, 0.5) is 11.4 Å². The average molecular weight is 546 g/mol. The molecule has 0 aliphatic carbocycles. The Labute approximate surface area is 228 Å². The third-order valence-corrected chi connectivity index (χ3v) is 9.18. The summed E-state index contributed by atoms with van der Waals surface area (Å²) >= 11 is 1.76. The first-order chi connectivity index (χ1) is 18.2. The van der Waals surface area contributed by atoms with E-state index in [1.54, 1.807) is 11.3 Å². The maximum absolute atomic E-state index is 11.3. The molecule has 0 radical (unpaired) electrons. The molecule has 1 aliphatic heterocycles. The molecule has 0 saturated carbocycles. The van der Waals surface area contributed by atoms with Crippen molar-refractivity contribution in [2.75, 3.05) is 24.7 Å². The lowest BCUT2D eigenvalue weighted by Gasteiger charge is -2.17. The number of hydrogen-bond donors (Lipinski definition) is 2. The topological polar surface area (TPSA) is 69.4 Å². The minimum atomic E-state index is -3.96. The fraction of sp³-hybridized carbons (Fsp3) is 0.258. The molecule has 3 aromatic carbocycles. The number of rotatable bonds is 9. The van der Waals surface area contributed by atoms with Gasteiger partial charge in [0.05, 0.1) is 11.2 Å². The van der Waals surface area contributed by atoms with Gasteiger partial charge in [0.1, 0.15) is 6.54 Å². The van der Waals surface area contributed by atoms with Crippen molar-refractivity contribution in [3.8, 4) is 10.4 Å². The van der Waals surface area contributed by atoms with Crippen molar-refractivity contribution in [2.24, 2.45) is 0 Å². The van der Waals surface area contributed by atoms with Crippen LogP contribution >= 0.6 is 11.3 Å². The predicted octanol–water partition coefficient (Wildman–Crippen LogP) is 7.37. The van der Waals surface area contributed by atoms with Crippen LogP contribution in [0, 0.1) is 0 Å². The summed E-state index contributed by atoms with van der Waals surface area (Å²) in [5.41, 5.74) is 5.69. The van der Waals surface area contributed by atoms with Crippen molar-refractivity contribution in [2.45, 2.75) is 32.1 Å². The second kappa shape index (κ2) is 10.5. The minimum absolute atomic E-state index is 0.215. The first kappa shape index (κ1) is 26.4. The zero-order chi connectivity index (χ0) is 26.9. The lowest BCUT2D eigenvalue weighted by atomic mass is 9.79. The first-order valence-corrected chi connectivity index (χ1v) is 15.3. The predicted molar refractivity (Wildman–Crippen MR) is 161 cm³/mol. The van der Waals surface area contributed by atoms with Crippen LogP contribution in [0.15, 0.2) is 78.9 Å². The van der Waals surface area contributed by atoms with Crippen molar-refractivity contribution >= 4 is 55.4 Å². The van der Waals surface area contributed by atoms with Crippen LogP contribution in [0.1, 0.15) is 37.1 Å². The number of hydrogen-bond acceptors (Lipinski definition) is 4. The monoisotopic (exact) mass is 545 g/mol. The van der Waals surface area contributed by atoms with Crippen molar-refractivity contribution in [1.29, 1.82) is 0 Å². The second-order valence-corrected chi connectivity index (χ2v) is 12.9. The third-order valence-electron chi connectivity index (χ3n) is 7.28. The Hall–Kier alpha value is -3.26. The molecule has 196 valence electrons. The summed E-state index contributed by atoms with van der Waals surface area (Å²) in [4.78, 5) is 2.40. The molecule has 4 aromatic rings. The van der Waals surface area contributed by atoms with E-state index in [9.17, 15) is 13.0 Å². The standard InChI is InChI=1S/C31H32N2O3S2/c1-31(2)29(19-16-25-15-18-28(37-25)23-10-13-24(32-3)14-11-23)33(20-6-7-21-38(34,35)36)27-17-12-22-8-4-5-9-26(22)30(27)31/h4-5,8-19H,6-7,20-21H2,1-3H3,(H,34,35,36)/p+1. The van der Waals surface area contributed by atoms with E-state index >= 15 is 0 Å². The summed E-state index contributed by atoms with van der Waals surface area (Å²) < 4.78 is 34.0. The molecular weight excluding hydrogens is 512 g/mol. The number of nitrogens with one attached hydrogen (secondary N) is 1. The highest BCUT2D eigenvalue weighted by molar-refractivity contribution is 7.85. The maximum atomic E-state index is 11.3. The van der Waals surface area contributed by atoms with Crippen molar-refractivity contribution in [3.05, 3.63) is 89.3 Å². The van der Waals surface area contributed by atoms with Crippen LogP contribution < -0.4 is 5.32 Å². The molecule has 38 heavy (non-hydrogen) atoms. The second-order valence-electron chi connectivity index (χ2n) is 10.2. The fourth-order valence-electron chi connectivity index (χ4n) is 5.39. The molecule has 0 fully saturated rings. The Kier molecular flexibility index (Phi) is 7.27. The molecule has 1 aliphatic rings. The van der Waals surface area contributed by atoms with Gasteiger partial charge in [-0.2, -0.15) is 13.0 Å². The average Bonchev–Trinajstić information content (AvgIpc) is 3.45. The zero-order valence-corrected chi connectivity index (χ0v) is 23.6. The molecule has 0 bridgehead atoms. The lowest BCUT2D eigenvalue weighted by Crippen LogP contribution is -2.28. The van der Waals surface area contributed by atoms with Crippen LogP contribution in [0.5, 0.6) is 0 Å². The summed E-state index contributed by atoms with van der Waals surface area (Å²) in [5, 5.41) is 5.61. The zero-order valence-electron chi connectivity index (χ0n) is 21.9. The molecule has 0 saturated heterocycles. The Morgan fingerprint density at radius 1 is 0.947 bits per heavy atom. The van der Waals surface area contributed by atoms with E-state index in [0.717, 1.165) is 11.4 Å². The van der Waals surface area contributed by atoms with Gasteiger partial charge in [-0.05, 0) is 73.0 Å². The van der Waals surface area contributed by atoms with E-state index in [4.69, 9.17) is 0 Å². The van der Waals surface area contributed by atoms with E-state index < -0.39 is 10.1 Å². The number of nitrogens with zero attached hydrogens (tertiary/aromatic N) is 1. The molecule has 1 aromatic heterocycles. The Morgan fingerprint density at radius 2 is 1.71 bits per heavy atom. The number of benzene rings is 3. The van der Waals surface area contributed by atoms with Gasteiger partial charge in [0.2, 0.25) is 5.69 Å². The molecular formula is C31H33N2O3S2+. The third kappa shape index (κ3) is 5.32. The van der Waals surface area contributed by atoms with Crippen LogP contribution in [0.25, 0.3) is 27.3 Å². The molecule has 0 amide bonds. The number of unbranched alkanes of at least 4 members (excludes halogenated alkanes) is 1. The van der Waals surface area contributed by atoms with Gasteiger partial charge in [0.15, 0.2) is 5.71 Å². The van der Waals surface area contributed by atoms with Crippen LogP contribution in [-0.2, 0) is 15.5 Å². The Bertz CT molecular complexity index is 1650. The van der Waals surface area contributed by atoms with Crippen LogP contribution in [0.3, 0.4) is 0 Å². The molecule has 0 unspecified atom stereocenters. The summed E-state index contributed by atoms with van der Waals surface area (Å²) in [6, 6.07) is 25.6. The van der Waals surface area contributed by atoms with Gasteiger partial charge < -0.3 is 5.32 Å². The van der Waals surface area contributed by atoms with Gasteiger partial charge in [-0.1, -0.05) is 36.4 Å². The number of allylic oxidation sites excluding steroid dienone is 1. The summed E-state index contributed by atoms with van der Waals surface area (Å²) in [5.74, 6) is -0.215. The lowest BCUT2D eigenvalue weighted by molar-refractivity contribution is -0.438. The van der Waals surface area contributed by atoms with Gasteiger partial charge in [-0.3, -0.25) is 4.55 Å². The van der Waals surface area contributed by atoms with Gasteiger partial charge in [0.25, 0.3) is 10.1 Å². The van der Waals surface area contributed by atoms with E-state index in [1.807, 2.05) is 7.05 Å². The fourth-order valence-corrected chi connectivity index (χ4v) is 6.88. The molecule has 2 heterocycles. The molecule has 5 rings (SSSR count).